The predicted octanol–water partition coefficient (Wildman–Crippen LogP) is 6.49. The van der Waals surface area contributed by atoms with Crippen molar-refractivity contribution in [1.29, 1.82) is 0 Å². The molecular weight excluding hydrogens is 436 g/mol. The van der Waals surface area contributed by atoms with Crippen molar-refractivity contribution in [1.82, 2.24) is 9.13 Å². The number of para-hydroxylation sites is 1. The molecule has 4 aromatic rings. The number of carbonyl (C=O) groups excluding carboxylic acids is 1. The minimum absolute atomic E-state index is 0.0282. The van der Waals surface area contributed by atoms with Gasteiger partial charge in [-0.05, 0) is 25.0 Å². The highest BCUT2D eigenvalue weighted by Gasteiger charge is 2.23. The second-order valence-corrected chi connectivity index (χ2v) is 8.63. The Balaban J connectivity index is 1.69. The molecule has 0 saturated heterocycles. The Labute approximate surface area is 206 Å². The van der Waals surface area contributed by atoms with E-state index < -0.39 is 0 Å². The summed E-state index contributed by atoms with van der Waals surface area (Å²) in [5.41, 5.74) is 4.71. The molecule has 0 bridgehead atoms. The van der Waals surface area contributed by atoms with E-state index in [4.69, 9.17) is 4.74 Å². The van der Waals surface area contributed by atoms with Gasteiger partial charge in [0.1, 0.15) is 0 Å². The number of carbonyl (C=O) groups is 1. The number of methoxy groups -OCH3 is 1. The lowest BCUT2D eigenvalue weighted by atomic mass is 10.0. The van der Waals surface area contributed by atoms with Crippen LogP contribution >= 0.6 is 0 Å². The first-order valence-corrected chi connectivity index (χ1v) is 12.3. The normalized spacial score (nSPS) is 10.9. The van der Waals surface area contributed by atoms with Gasteiger partial charge < -0.3 is 4.74 Å². The molecule has 0 aliphatic rings. The lowest BCUT2D eigenvalue weighted by molar-refractivity contribution is -0.140. The average Bonchev–Trinajstić information content (AvgIpc) is 3.21. The number of hydrogen-bond donors (Lipinski definition) is 0. The molecule has 0 spiro atoms. The number of benzene rings is 3. The Morgan fingerprint density at radius 3 is 1.80 bits per heavy atom. The molecule has 1 aromatic heterocycles. The van der Waals surface area contributed by atoms with E-state index in [-0.39, 0.29) is 11.7 Å². The predicted molar refractivity (Wildman–Crippen MR) is 141 cm³/mol. The van der Waals surface area contributed by atoms with Gasteiger partial charge in [0.25, 0.3) is 0 Å². The van der Waals surface area contributed by atoms with Gasteiger partial charge in [-0.2, -0.15) is 0 Å². The fourth-order valence-electron chi connectivity index (χ4n) is 4.49. The minimum atomic E-state index is -0.153. The van der Waals surface area contributed by atoms with Gasteiger partial charge in [-0.3, -0.25) is 13.9 Å². The van der Waals surface area contributed by atoms with E-state index in [1.807, 2.05) is 75.9 Å². The molecule has 0 radical (unpaired) electrons. The Morgan fingerprint density at radius 2 is 1.20 bits per heavy atom. The molecule has 0 fully saturated rings. The summed E-state index contributed by atoms with van der Waals surface area (Å²) in [7, 11) is 1.43. The van der Waals surface area contributed by atoms with Crippen molar-refractivity contribution < 1.29 is 9.53 Å². The Bertz CT molecular complexity index is 1280. The third-order valence-electron chi connectivity index (χ3n) is 6.24. The molecule has 0 unspecified atom stereocenters. The highest BCUT2D eigenvalue weighted by Crippen LogP contribution is 2.33. The maximum Gasteiger partial charge on any atom is 0.333 e. The van der Waals surface area contributed by atoms with Crippen molar-refractivity contribution in [2.75, 3.05) is 7.11 Å². The van der Waals surface area contributed by atoms with Crippen molar-refractivity contribution in [3.8, 4) is 28.2 Å². The Kier molecular flexibility index (Phi) is 8.34. The summed E-state index contributed by atoms with van der Waals surface area (Å²) in [4.78, 5) is 25.2. The van der Waals surface area contributed by atoms with Crippen LogP contribution in [0, 0.1) is 0 Å². The molecule has 0 aliphatic carbocycles. The van der Waals surface area contributed by atoms with Crippen LogP contribution in [0.15, 0.2) is 95.8 Å². The van der Waals surface area contributed by atoms with Crippen LogP contribution in [-0.2, 0) is 16.1 Å². The summed E-state index contributed by atoms with van der Waals surface area (Å²) >= 11 is 0. The SMILES string of the molecule is COC(=O)CCCCCCCn1c(-c2ccccc2)c(-c2ccccc2)n(-c2ccccc2)c1=O. The fraction of sp³-hybridized carbons (Fsp3) is 0.267. The van der Waals surface area contributed by atoms with E-state index in [2.05, 4.69) is 24.3 Å². The van der Waals surface area contributed by atoms with Crippen molar-refractivity contribution in [3.05, 3.63) is 101 Å². The summed E-state index contributed by atoms with van der Waals surface area (Å²) in [5.74, 6) is -0.153. The molecule has 0 saturated carbocycles. The second-order valence-electron chi connectivity index (χ2n) is 8.63. The first kappa shape index (κ1) is 24.3. The van der Waals surface area contributed by atoms with E-state index in [1.54, 1.807) is 0 Å². The molecule has 4 rings (SSSR count). The summed E-state index contributed by atoms with van der Waals surface area (Å²) in [6.45, 7) is 0.639. The number of hydrogen-bond acceptors (Lipinski definition) is 3. The summed E-state index contributed by atoms with van der Waals surface area (Å²) < 4.78 is 8.48. The van der Waals surface area contributed by atoms with E-state index in [9.17, 15) is 9.59 Å². The Morgan fingerprint density at radius 1 is 0.686 bits per heavy atom. The van der Waals surface area contributed by atoms with Gasteiger partial charge in [0.05, 0.1) is 24.2 Å². The van der Waals surface area contributed by atoms with Crippen LogP contribution in [0.25, 0.3) is 28.2 Å². The molecule has 180 valence electrons. The first-order valence-electron chi connectivity index (χ1n) is 12.3. The third kappa shape index (κ3) is 5.80. The summed E-state index contributed by atoms with van der Waals surface area (Å²) in [5, 5.41) is 0. The van der Waals surface area contributed by atoms with Gasteiger partial charge in [-0.25, -0.2) is 4.79 Å². The fourth-order valence-corrected chi connectivity index (χ4v) is 4.49. The van der Waals surface area contributed by atoms with E-state index in [0.29, 0.717) is 13.0 Å². The van der Waals surface area contributed by atoms with Crippen LogP contribution in [0.4, 0.5) is 0 Å². The van der Waals surface area contributed by atoms with Crippen LogP contribution in [0.5, 0.6) is 0 Å². The van der Waals surface area contributed by atoms with E-state index in [0.717, 1.165) is 60.3 Å². The third-order valence-corrected chi connectivity index (χ3v) is 6.24. The van der Waals surface area contributed by atoms with Gasteiger partial charge in [0, 0.05) is 24.1 Å². The molecule has 0 aliphatic heterocycles. The number of rotatable bonds is 11. The quantitative estimate of drug-likeness (QED) is 0.187. The molecular formula is C30H32N2O3. The van der Waals surface area contributed by atoms with Gasteiger partial charge >= 0.3 is 11.7 Å². The van der Waals surface area contributed by atoms with Crippen molar-refractivity contribution >= 4 is 5.97 Å². The van der Waals surface area contributed by atoms with Gasteiger partial charge in [0.15, 0.2) is 0 Å². The van der Waals surface area contributed by atoms with Crippen molar-refractivity contribution in [2.24, 2.45) is 0 Å². The molecule has 0 N–H and O–H groups in total. The topological polar surface area (TPSA) is 53.2 Å². The second kappa shape index (κ2) is 12.0. The van der Waals surface area contributed by atoms with Crippen molar-refractivity contribution in [2.45, 2.75) is 45.1 Å². The lowest BCUT2D eigenvalue weighted by Crippen LogP contribution is -2.24. The number of aromatic nitrogens is 2. The largest absolute Gasteiger partial charge is 0.469 e. The number of esters is 1. The van der Waals surface area contributed by atoms with Crippen molar-refractivity contribution in [3.63, 3.8) is 0 Å². The highest BCUT2D eigenvalue weighted by molar-refractivity contribution is 5.80. The summed E-state index contributed by atoms with van der Waals surface area (Å²) in [6, 6.07) is 30.2. The zero-order valence-electron chi connectivity index (χ0n) is 20.2. The van der Waals surface area contributed by atoms with E-state index in [1.165, 1.54) is 7.11 Å². The van der Waals surface area contributed by atoms with Crippen LogP contribution in [-0.4, -0.2) is 22.2 Å². The van der Waals surface area contributed by atoms with Crippen LogP contribution in [0.2, 0.25) is 0 Å². The molecule has 35 heavy (non-hydrogen) atoms. The number of nitrogens with zero attached hydrogens (tertiary/aromatic N) is 2. The monoisotopic (exact) mass is 468 g/mol. The standard InChI is InChI=1S/C30H32N2O3/c1-35-27(33)22-14-3-2-4-15-23-31-28(24-16-8-5-9-17-24)29(25-18-10-6-11-19-25)32(30(31)34)26-20-12-7-13-21-26/h5-13,16-21H,2-4,14-15,22-23H2,1H3. The zero-order chi connectivity index (χ0) is 24.5. The van der Waals surface area contributed by atoms with Crippen LogP contribution < -0.4 is 5.69 Å². The number of imidazole rings is 1. The highest BCUT2D eigenvalue weighted by atomic mass is 16.5. The molecule has 3 aromatic carbocycles. The maximum absolute atomic E-state index is 13.9. The first-order chi connectivity index (χ1) is 17.2. The smallest absolute Gasteiger partial charge is 0.333 e. The van der Waals surface area contributed by atoms with Gasteiger partial charge in [0.2, 0.25) is 0 Å². The maximum atomic E-state index is 13.9. The zero-order valence-corrected chi connectivity index (χ0v) is 20.2. The molecule has 5 nitrogen and oxygen atoms in total. The van der Waals surface area contributed by atoms with Crippen LogP contribution in [0.3, 0.4) is 0 Å². The number of unbranched alkanes of at least 4 members (excludes halogenated alkanes) is 4. The van der Waals surface area contributed by atoms with Crippen LogP contribution in [0.1, 0.15) is 38.5 Å². The number of ether oxygens (including phenoxy) is 1. The molecule has 5 heteroatoms. The lowest BCUT2D eigenvalue weighted by Gasteiger charge is -2.12. The Hall–Kier alpha value is -3.86. The molecule has 0 atom stereocenters. The van der Waals surface area contributed by atoms with E-state index >= 15 is 0 Å². The van der Waals surface area contributed by atoms with Gasteiger partial charge in [-0.15, -0.1) is 0 Å². The molecule has 1 heterocycles. The average molecular weight is 469 g/mol. The summed E-state index contributed by atoms with van der Waals surface area (Å²) in [6.07, 6.45) is 5.20. The minimum Gasteiger partial charge on any atom is -0.469 e. The molecule has 0 amide bonds. The van der Waals surface area contributed by atoms with Gasteiger partial charge in [-0.1, -0.05) is 98.1 Å².